The molecule has 1 aromatic rings. The van der Waals surface area contributed by atoms with Crippen molar-refractivity contribution in [3.63, 3.8) is 0 Å². The zero-order valence-corrected chi connectivity index (χ0v) is 11.7. The molecule has 1 aliphatic carbocycles. The molecule has 1 N–H and O–H groups in total. The first-order valence-electron chi connectivity index (χ1n) is 6.76. The standard InChI is InChI=1S/C14H14N2.C3H8/c15-16-14-9-5-4-8-13(14)11-10-12-6-2-1-3-7-12;1-3-2/h1-11,13-15H;3H2,1-2H3/b11-10+,16-15?;. The molecule has 2 nitrogen and oxygen atoms in total. The fourth-order valence-corrected chi connectivity index (χ4v) is 1.71. The van der Waals surface area contributed by atoms with Crippen LogP contribution in [0.5, 0.6) is 0 Å². The molecule has 0 bridgehead atoms. The molecular formula is C17H22N2. The van der Waals surface area contributed by atoms with Gasteiger partial charge in [-0.15, -0.1) is 0 Å². The van der Waals surface area contributed by atoms with Crippen molar-refractivity contribution in [3.8, 4) is 0 Å². The Hall–Kier alpha value is -1.96. The summed E-state index contributed by atoms with van der Waals surface area (Å²) in [6, 6.07) is 10.1. The average Bonchev–Trinajstić information content (AvgIpc) is 2.47. The fraction of sp³-hybridized carbons (Fsp3) is 0.294. The maximum absolute atomic E-state index is 7.12. The zero-order valence-electron chi connectivity index (χ0n) is 11.7. The molecule has 0 fully saturated rings. The van der Waals surface area contributed by atoms with Gasteiger partial charge in [0.2, 0.25) is 0 Å². The first-order valence-corrected chi connectivity index (χ1v) is 6.76. The van der Waals surface area contributed by atoms with Crippen LogP contribution in [0.4, 0.5) is 0 Å². The van der Waals surface area contributed by atoms with E-state index in [9.17, 15) is 0 Å². The van der Waals surface area contributed by atoms with Gasteiger partial charge in [-0.3, -0.25) is 0 Å². The molecule has 0 saturated carbocycles. The zero-order chi connectivity index (χ0) is 13.9. The van der Waals surface area contributed by atoms with Crippen LogP contribution in [0, 0.1) is 11.4 Å². The largest absolute Gasteiger partial charge is 0.209 e. The first-order chi connectivity index (χ1) is 9.31. The second-order valence-electron chi connectivity index (χ2n) is 4.44. The van der Waals surface area contributed by atoms with Crippen LogP contribution >= 0.6 is 0 Å². The summed E-state index contributed by atoms with van der Waals surface area (Å²) in [7, 11) is 0. The van der Waals surface area contributed by atoms with Gasteiger partial charge in [0, 0.05) is 5.92 Å². The molecule has 0 aromatic heterocycles. The Kier molecular flexibility index (Phi) is 7.18. The van der Waals surface area contributed by atoms with Crippen LogP contribution in [-0.4, -0.2) is 6.04 Å². The molecule has 0 heterocycles. The summed E-state index contributed by atoms with van der Waals surface area (Å²) >= 11 is 0. The lowest BCUT2D eigenvalue weighted by molar-refractivity contribution is 0.641. The van der Waals surface area contributed by atoms with Gasteiger partial charge in [0.1, 0.15) is 0 Å². The van der Waals surface area contributed by atoms with Crippen LogP contribution in [0.3, 0.4) is 0 Å². The van der Waals surface area contributed by atoms with Crippen molar-refractivity contribution in [1.82, 2.24) is 0 Å². The van der Waals surface area contributed by atoms with E-state index in [0.717, 1.165) is 0 Å². The monoisotopic (exact) mass is 254 g/mol. The maximum atomic E-state index is 7.12. The first kappa shape index (κ1) is 15.1. The lowest BCUT2D eigenvalue weighted by Gasteiger charge is -2.15. The number of benzene rings is 1. The Morgan fingerprint density at radius 1 is 1.11 bits per heavy atom. The van der Waals surface area contributed by atoms with Crippen LogP contribution < -0.4 is 0 Å². The molecule has 19 heavy (non-hydrogen) atoms. The van der Waals surface area contributed by atoms with E-state index in [4.69, 9.17) is 5.53 Å². The third kappa shape index (κ3) is 5.47. The van der Waals surface area contributed by atoms with E-state index in [1.54, 1.807) is 0 Å². The minimum atomic E-state index is -0.0510. The molecule has 2 heteroatoms. The second-order valence-corrected chi connectivity index (χ2v) is 4.44. The number of allylic oxidation sites excluding steroid dienone is 2. The van der Waals surface area contributed by atoms with Gasteiger partial charge in [-0.2, -0.15) is 5.11 Å². The minimum Gasteiger partial charge on any atom is -0.209 e. The predicted octanol–water partition coefficient (Wildman–Crippen LogP) is 5.26. The smallest absolute Gasteiger partial charge is 0.0986 e. The molecule has 1 aliphatic rings. The van der Waals surface area contributed by atoms with Crippen LogP contribution in [-0.2, 0) is 0 Å². The summed E-state index contributed by atoms with van der Waals surface area (Å²) in [6.07, 6.45) is 13.4. The van der Waals surface area contributed by atoms with E-state index in [1.807, 2.05) is 36.4 Å². The molecule has 2 rings (SSSR count). The SMILES string of the molecule is CCC.N=NC1C=CC=CC1/C=C/c1ccccc1. The molecule has 0 amide bonds. The van der Waals surface area contributed by atoms with Crippen LogP contribution in [0.1, 0.15) is 25.8 Å². The van der Waals surface area contributed by atoms with Gasteiger partial charge in [0.25, 0.3) is 0 Å². The van der Waals surface area contributed by atoms with E-state index >= 15 is 0 Å². The molecule has 1 aromatic carbocycles. The average molecular weight is 254 g/mol. The van der Waals surface area contributed by atoms with Gasteiger partial charge < -0.3 is 0 Å². The van der Waals surface area contributed by atoms with Crippen molar-refractivity contribution >= 4 is 6.08 Å². The molecular weight excluding hydrogens is 232 g/mol. The van der Waals surface area contributed by atoms with Gasteiger partial charge >= 0.3 is 0 Å². The molecule has 0 aliphatic heterocycles. The summed E-state index contributed by atoms with van der Waals surface area (Å²) in [5.41, 5.74) is 8.29. The molecule has 0 radical (unpaired) electrons. The van der Waals surface area contributed by atoms with E-state index < -0.39 is 0 Å². The van der Waals surface area contributed by atoms with Crippen molar-refractivity contribution in [2.24, 2.45) is 11.0 Å². The molecule has 100 valence electrons. The predicted molar refractivity (Wildman–Crippen MR) is 82.1 cm³/mol. The van der Waals surface area contributed by atoms with E-state index in [-0.39, 0.29) is 12.0 Å². The lowest BCUT2D eigenvalue weighted by atomic mass is 9.95. The van der Waals surface area contributed by atoms with Crippen LogP contribution in [0.25, 0.3) is 6.08 Å². The Balaban J connectivity index is 0.000000550. The highest BCUT2D eigenvalue weighted by atomic mass is 15.0. The highest BCUT2D eigenvalue weighted by Gasteiger charge is 2.14. The Morgan fingerprint density at radius 3 is 2.37 bits per heavy atom. The highest BCUT2D eigenvalue weighted by Crippen LogP contribution is 2.18. The normalized spacial score (nSPS) is 20.9. The third-order valence-corrected chi connectivity index (χ3v) is 2.61. The Bertz CT molecular complexity index is 444. The summed E-state index contributed by atoms with van der Waals surface area (Å²) in [4.78, 5) is 0. The van der Waals surface area contributed by atoms with Crippen molar-refractivity contribution in [3.05, 3.63) is 66.3 Å². The van der Waals surface area contributed by atoms with E-state index in [0.29, 0.717) is 0 Å². The summed E-state index contributed by atoms with van der Waals surface area (Å²) in [6.45, 7) is 4.25. The lowest BCUT2D eigenvalue weighted by Crippen LogP contribution is -2.12. The third-order valence-electron chi connectivity index (χ3n) is 2.61. The Morgan fingerprint density at radius 2 is 1.74 bits per heavy atom. The summed E-state index contributed by atoms with van der Waals surface area (Å²) in [5.74, 6) is 0.197. The van der Waals surface area contributed by atoms with Gasteiger partial charge in [-0.1, -0.05) is 87.1 Å². The van der Waals surface area contributed by atoms with Gasteiger partial charge in [-0.05, 0) is 5.56 Å². The van der Waals surface area contributed by atoms with Crippen molar-refractivity contribution in [2.75, 3.05) is 0 Å². The number of hydrogen-bond acceptors (Lipinski definition) is 2. The molecule has 0 saturated heterocycles. The molecule has 2 unspecified atom stereocenters. The van der Waals surface area contributed by atoms with Crippen molar-refractivity contribution in [2.45, 2.75) is 26.3 Å². The van der Waals surface area contributed by atoms with Gasteiger partial charge in [0.15, 0.2) is 0 Å². The van der Waals surface area contributed by atoms with Gasteiger partial charge in [0.05, 0.1) is 6.04 Å². The maximum Gasteiger partial charge on any atom is 0.0986 e. The van der Waals surface area contributed by atoms with Crippen molar-refractivity contribution < 1.29 is 0 Å². The highest BCUT2D eigenvalue weighted by molar-refractivity contribution is 5.50. The summed E-state index contributed by atoms with van der Waals surface area (Å²) < 4.78 is 0. The topological polar surface area (TPSA) is 36.2 Å². The van der Waals surface area contributed by atoms with Crippen molar-refractivity contribution in [1.29, 1.82) is 5.53 Å². The van der Waals surface area contributed by atoms with E-state index in [2.05, 4.69) is 49.3 Å². The van der Waals surface area contributed by atoms with E-state index in [1.165, 1.54) is 12.0 Å². The number of nitrogens with one attached hydrogen (secondary N) is 1. The minimum absolute atomic E-state index is 0.0510. The number of nitrogens with zero attached hydrogens (tertiary/aromatic N) is 1. The fourth-order valence-electron chi connectivity index (χ4n) is 1.71. The second kappa shape index (κ2) is 9.03. The Labute approximate surface area is 116 Å². The summed E-state index contributed by atoms with van der Waals surface area (Å²) in [5, 5.41) is 3.60. The van der Waals surface area contributed by atoms with Gasteiger partial charge in [-0.25, -0.2) is 5.53 Å². The van der Waals surface area contributed by atoms with Crippen LogP contribution in [0.2, 0.25) is 0 Å². The molecule has 2 atom stereocenters. The van der Waals surface area contributed by atoms with Crippen LogP contribution in [0.15, 0.2) is 65.8 Å². The quantitative estimate of drug-likeness (QED) is 0.714. The molecule has 0 spiro atoms. The number of rotatable bonds is 3. The number of hydrogen-bond donors (Lipinski definition) is 1.